The molecule has 0 unspecified atom stereocenters. The lowest BCUT2D eigenvalue weighted by atomic mass is 10.00. The van der Waals surface area contributed by atoms with Crippen molar-refractivity contribution in [2.75, 3.05) is 13.1 Å². The number of aromatic nitrogens is 3. The third kappa shape index (κ3) is 3.41. The number of piperidine rings is 1. The average molecular weight is 302 g/mol. The normalized spacial score (nSPS) is 17.2. The van der Waals surface area contributed by atoms with Crippen molar-refractivity contribution in [2.45, 2.75) is 33.4 Å². The van der Waals surface area contributed by atoms with Crippen LogP contribution in [-0.4, -0.2) is 32.8 Å². The first kappa shape index (κ1) is 14.5. The molecule has 1 saturated heterocycles. The maximum Gasteiger partial charge on any atom is 0.217 e. The van der Waals surface area contributed by atoms with Gasteiger partial charge < -0.3 is 0 Å². The van der Waals surface area contributed by atoms with Gasteiger partial charge in [-0.1, -0.05) is 36.8 Å². The highest BCUT2D eigenvalue weighted by Gasteiger charge is 2.16. The van der Waals surface area contributed by atoms with Crippen molar-refractivity contribution in [2.24, 2.45) is 5.92 Å². The van der Waals surface area contributed by atoms with Crippen molar-refractivity contribution in [3.63, 3.8) is 0 Å². The molecule has 1 aromatic carbocycles. The van der Waals surface area contributed by atoms with Crippen LogP contribution in [0.5, 0.6) is 0 Å². The zero-order valence-corrected chi connectivity index (χ0v) is 13.5. The number of likely N-dealkylation sites (tertiary alicyclic amines) is 1. The van der Waals surface area contributed by atoms with Crippen LogP contribution in [0.4, 0.5) is 0 Å². The fourth-order valence-corrected chi connectivity index (χ4v) is 2.89. The summed E-state index contributed by atoms with van der Waals surface area (Å²) in [6, 6.07) is 8.35. The lowest BCUT2D eigenvalue weighted by Crippen LogP contribution is -2.34. The summed E-state index contributed by atoms with van der Waals surface area (Å²) in [7, 11) is 0. The number of hydrogen-bond donors (Lipinski definition) is 1. The molecule has 0 aliphatic carbocycles. The van der Waals surface area contributed by atoms with E-state index in [9.17, 15) is 0 Å². The van der Waals surface area contributed by atoms with Gasteiger partial charge in [0.15, 0.2) is 5.82 Å². The SMILES string of the molecule is Cc1ccc(-c2nc(=S)n(CN3CCC(C)CC3)[nH]2)cc1. The lowest BCUT2D eigenvalue weighted by Gasteiger charge is -2.29. The minimum absolute atomic E-state index is 0.629. The van der Waals surface area contributed by atoms with E-state index in [-0.39, 0.29) is 0 Å². The Labute approximate surface area is 130 Å². The molecule has 0 bridgehead atoms. The molecule has 1 aliphatic rings. The van der Waals surface area contributed by atoms with Crippen LogP contribution < -0.4 is 0 Å². The molecule has 21 heavy (non-hydrogen) atoms. The number of hydrogen-bond acceptors (Lipinski definition) is 3. The van der Waals surface area contributed by atoms with Gasteiger partial charge in [0.1, 0.15) is 0 Å². The minimum Gasteiger partial charge on any atom is -0.284 e. The van der Waals surface area contributed by atoms with Crippen LogP contribution in [0.2, 0.25) is 0 Å². The smallest absolute Gasteiger partial charge is 0.217 e. The van der Waals surface area contributed by atoms with E-state index < -0.39 is 0 Å². The van der Waals surface area contributed by atoms with Crippen LogP contribution in [0.15, 0.2) is 24.3 Å². The molecule has 112 valence electrons. The predicted octanol–water partition coefficient (Wildman–Crippen LogP) is 3.61. The number of nitrogens with zero attached hydrogens (tertiary/aromatic N) is 3. The summed E-state index contributed by atoms with van der Waals surface area (Å²) >= 11 is 5.38. The molecule has 1 N–H and O–H groups in total. The summed E-state index contributed by atoms with van der Waals surface area (Å²) in [6.07, 6.45) is 2.54. The molecule has 2 aromatic rings. The van der Waals surface area contributed by atoms with Crippen LogP contribution >= 0.6 is 12.2 Å². The van der Waals surface area contributed by atoms with Gasteiger partial charge in [0, 0.05) is 18.7 Å². The van der Waals surface area contributed by atoms with E-state index in [1.165, 1.54) is 18.4 Å². The van der Waals surface area contributed by atoms with Crippen molar-refractivity contribution < 1.29 is 0 Å². The van der Waals surface area contributed by atoms with Crippen LogP contribution in [0.3, 0.4) is 0 Å². The molecule has 0 amide bonds. The Kier molecular flexibility index (Phi) is 4.22. The van der Waals surface area contributed by atoms with Crippen molar-refractivity contribution >= 4 is 12.2 Å². The lowest BCUT2D eigenvalue weighted by molar-refractivity contribution is 0.146. The first-order chi connectivity index (χ1) is 10.1. The first-order valence-corrected chi connectivity index (χ1v) is 7.99. The first-order valence-electron chi connectivity index (χ1n) is 7.58. The summed E-state index contributed by atoms with van der Waals surface area (Å²) in [4.78, 5) is 6.92. The van der Waals surface area contributed by atoms with Gasteiger partial charge in [-0.15, -0.1) is 0 Å². The van der Waals surface area contributed by atoms with E-state index >= 15 is 0 Å². The molecule has 1 aliphatic heterocycles. The molecule has 0 radical (unpaired) electrons. The van der Waals surface area contributed by atoms with Gasteiger partial charge in [0.2, 0.25) is 4.77 Å². The minimum atomic E-state index is 0.629. The standard InChI is InChI=1S/C16H22N4S/c1-12-3-5-14(6-4-12)15-17-16(21)20(18-15)11-19-9-7-13(2)8-10-19/h3-6,13H,7-11H2,1-2H3,(H,17,18,21). The van der Waals surface area contributed by atoms with Gasteiger partial charge in [-0.2, -0.15) is 4.98 Å². The Hall–Kier alpha value is -1.46. The highest BCUT2D eigenvalue weighted by molar-refractivity contribution is 7.71. The quantitative estimate of drug-likeness (QED) is 0.880. The number of aromatic amines is 1. The Bertz CT molecular complexity index is 648. The van der Waals surface area contributed by atoms with E-state index in [1.807, 2.05) is 4.68 Å². The Morgan fingerprint density at radius 3 is 2.57 bits per heavy atom. The highest BCUT2D eigenvalue weighted by atomic mass is 32.1. The molecular formula is C16H22N4S. The van der Waals surface area contributed by atoms with E-state index in [0.29, 0.717) is 4.77 Å². The van der Waals surface area contributed by atoms with Crippen LogP contribution in [0.25, 0.3) is 11.4 Å². The molecule has 0 atom stereocenters. The number of benzene rings is 1. The second-order valence-electron chi connectivity index (χ2n) is 6.09. The fraction of sp³-hybridized carbons (Fsp3) is 0.500. The third-order valence-corrected chi connectivity index (χ3v) is 4.53. The number of nitrogens with one attached hydrogen (secondary N) is 1. The van der Waals surface area contributed by atoms with Gasteiger partial charge in [0.25, 0.3) is 0 Å². The largest absolute Gasteiger partial charge is 0.284 e. The molecule has 1 aromatic heterocycles. The average Bonchev–Trinajstić information content (AvgIpc) is 2.83. The summed E-state index contributed by atoms with van der Waals surface area (Å²) in [5, 5.41) is 3.34. The van der Waals surface area contributed by atoms with Gasteiger partial charge in [-0.25, -0.2) is 4.68 Å². The van der Waals surface area contributed by atoms with Crippen LogP contribution in [-0.2, 0) is 6.67 Å². The molecule has 0 spiro atoms. The summed E-state index contributed by atoms with van der Waals surface area (Å²) < 4.78 is 2.60. The van der Waals surface area contributed by atoms with Gasteiger partial charge in [-0.05, 0) is 37.9 Å². The van der Waals surface area contributed by atoms with Crippen molar-refractivity contribution in [3.8, 4) is 11.4 Å². The molecule has 2 heterocycles. The summed E-state index contributed by atoms with van der Waals surface area (Å²) in [6.45, 7) is 7.50. The molecule has 0 saturated carbocycles. The summed E-state index contributed by atoms with van der Waals surface area (Å²) in [5.74, 6) is 1.70. The zero-order chi connectivity index (χ0) is 14.8. The van der Waals surface area contributed by atoms with E-state index in [2.05, 4.69) is 53.1 Å². The molecule has 3 rings (SSSR count). The molecule has 5 heteroatoms. The number of H-pyrrole nitrogens is 1. The highest BCUT2D eigenvalue weighted by Crippen LogP contribution is 2.18. The molecule has 4 nitrogen and oxygen atoms in total. The van der Waals surface area contributed by atoms with E-state index in [1.54, 1.807) is 0 Å². The van der Waals surface area contributed by atoms with Gasteiger partial charge in [0.05, 0.1) is 6.67 Å². The molecular weight excluding hydrogens is 280 g/mol. The second kappa shape index (κ2) is 6.12. The van der Waals surface area contributed by atoms with Crippen LogP contribution in [0.1, 0.15) is 25.3 Å². The van der Waals surface area contributed by atoms with Crippen molar-refractivity contribution in [3.05, 3.63) is 34.6 Å². The third-order valence-electron chi connectivity index (χ3n) is 4.22. The summed E-state index contributed by atoms with van der Waals surface area (Å²) in [5.41, 5.74) is 2.33. The number of aryl methyl sites for hydroxylation is 1. The Balaban J connectivity index is 1.75. The number of rotatable bonds is 3. The van der Waals surface area contributed by atoms with E-state index in [0.717, 1.165) is 37.1 Å². The predicted molar refractivity (Wildman–Crippen MR) is 87.6 cm³/mol. The Morgan fingerprint density at radius 2 is 1.90 bits per heavy atom. The van der Waals surface area contributed by atoms with Crippen LogP contribution in [0, 0.1) is 17.6 Å². The zero-order valence-electron chi connectivity index (χ0n) is 12.7. The monoisotopic (exact) mass is 302 g/mol. The topological polar surface area (TPSA) is 36.9 Å². The van der Waals surface area contributed by atoms with E-state index in [4.69, 9.17) is 12.2 Å². The second-order valence-corrected chi connectivity index (χ2v) is 6.46. The molecule has 1 fully saturated rings. The van der Waals surface area contributed by atoms with Crippen molar-refractivity contribution in [1.82, 2.24) is 19.7 Å². The van der Waals surface area contributed by atoms with Gasteiger partial charge in [-0.3, -0.25) is 10.00 Å². The maximum absolute atomic E-state index is 5.38. The maximum atomic E-state index is 5.38. The van der Waals surface area contributed by atoms with Gasteiger partial charge >= 0.3 is 0 Å². The Morgan fingerprint density at radius 1 is 1.24 bits per heavy atom. The van der Waals surface area contributed by atoms with Crippen molar-refractivity contribution in [1.29, 1.82) is 0 Å². The fourth-order valence-electron chi connectivity index (χ4n) is 2.70.